The number of benzene rings is 8. The van der Waals surface area contributed by atoms with Crippen LogP contribution in [0.1, 0.15) is 11.1 Å². The highest BCUT2D eigenvalue weighted by Crippen LogP contribution is 2.40. The highest BCUT2D eigenvalue weighted by Gasteiger charge is 2.21. The molecule has 0 atom stereocenters. The monoisotopic (exact) mass is 779 g/mol. The standard InChI is InChI=1S/C51H42B5N5/c52-43-42(44(53)46(55)47(56)45(43)54)31-22-24-35(25-23-31)61-41-21-10-8-19-37(41)39-27-26-38-36-18-7-9-20-40(36)60(48(38)49(39)61)29-58-51(59-50(57)32-14-5-2-6-15-32)34-17-11-16-33(28-34)30-12-3-1-4-13-30/h1-28H,29,52-56H2,(H2,57,58,59). The lowest BCUT2D eigenvalue weighted by Crippen LogP contribution is -2.55. The predicted molar refractivity (Wildman–Crippen MR) is 276 cm³/mol. The molecular weight excluding hydrogens is 737 g/mol. The van der Waals surface area contributed by atoms with E-state index in [1.165, 1.54) is 60.0 Å². The first kappa shape index (κ1) is 38.1. The zero-order valence-corrected chi connectivity index (χ0v) is 35.2. The van der Waals surface area contributed by atoms with E-state index in [9.17, 15) is 0 Å². The van der Waals surface area contributed by atoms with Crippen LogP contribution in [0.15, 0.2) is 180 Å². The van der Waals surface area contributed by atoms with E-state index in [2.05, 4.69) is 182 Å². The minimum Gasteiger partial charge on any atom is -0.383 e. The van der Waals surface area contributed by atoms with Gasteiger partial charge in [-0.2, -0.15) is 0 Å². The van der Waals surface area contributed by atoms with Gasteiger partial charge in [-0.3, -0.25) is 0 Å². The molecule has 0 aliphatic heterocycles. The number of fused-ring (bicyclic) bond motifs is 7. The summed E-state index contributed by atoms with van der Waals surface area (Å²) in [7, 11) is 11.3. The Bertz CT molecular complexity index is 3360. The van der Waals surface area contributed by atoms with Crippen LogP contribution in [0.2, 0.25) is 0 Å². The second-order valence-electron chi connectivity index (χ2n) is 16.1. The molecule has 0 saturated carbocycles. The third-order valence-corrected chi connectivity index (χ3v) is 12.9. The topological polar surface area (TPSA) is 60.6 Å². The Morgan fingerprint density at radius 1 is 0.459 bits per heavy atom. The molecule has 0 unspecified atom stereocenters. The molecule has 0 bridgehead atoms. The van der Waals surface area contributed by atoms with Gasteiger partial charge in [-0.25, -0.2) is 9.98 Å². The summed E-state index contributed by atoms with van der Waals surface area (Å²) >= 11 is 0. The van der Waals surface area contributed by atoms with Gasteiger partial charge in [0, 0.05) is 38.4 Å². The van der Waals surface area contributed by atoms with Gasteiger partial charge in [-0.1, -0.05) is 150 Å². The van der Waals surface area contributed by atoms with E-state index >= 15 is 0 Å². The smallest absolute Gasteiger partial charge is 0.158 e. The normalized spacial score (nSPS) is 12.3. The molecule has 2 heterocycles. The first-order chi connectivity index (χ1) is 29.8. The van der Waals surface area contributed by atoms with Gasteiger partial charge in [0.25, 0.3) is 0 Å². The number of amidine groups is 2. The zero-order valence-electron chi connectivity index (χ0n) is 35.2. The van der Waals surface area contributed by atoms with Crippen molar-refractivity contribution in [3.8, 4) is 27.9 Å². The van der Waals surface area contributed by atoms with Crippen LogP contribution >= 0.6 is 0 Å². The van der Waals surface area contributed by atoms with Crippen LogP contribution in [-0.2, 0) is 6.67 Å². The quantitative estimate of drug-likeness (QED) is 0.151. The molecule has 10 rings (SSSR count). The van der Waals surface area contributed by atoms with Gasteiger partial charge >= 0.3 is 0 Å². The van der Waals surface area contributed by atoms with E-state index in [0.717, 1.165) is 50.0 Å². The van der Waals surface area contributed by atoms with Crippen LogP contribution in [0.25, 0.3) is 71.6 Å². The minimum atomic E-state index is 0.324. The Morgan fingerprint density at radius 3 is 1.69 bits per heavy atom. The van der Waals surface area contributed by atoms with Gasteiger partial charge < -0.3 is 14.9 Å². The predicted octanol–water partition coefficient (Wildman–Crippen LogP) is 3.33. The summed E-state index contributed by atoms with van der Waals surface area (Å²) in [5.41, 5.74) is 25.7. The molecule has 0 aliphatic rings. The highest BCUT2D eigenvalue weighted by atomic mass is 15.1. The Morgan fingerprint density at radius 2 is 1.00 bits per heavy atom. The number of hydrogen-bond acceptors (Lipinski definition) is 1. The summed E-state index contributed by atoms with van der Waals surface area (Å²) < 4.78 is 4.80. The summed E-state index contributed by atoms with van der Waals surface area (Å²) in [6.45, 7) is 0.324. The summed E-state index contributed by atoms with van der Waals surface area (Å²) in [5, 5.41) is 4.76. The van der Waals surface area contributed by atoms with E-state index in [1.54, 1.807) is 0 Å². The maximum absolute atomic E-state index is 6.76. The Balaban J connectivity index is 1.19. The van der Waals surface area contributed by atoms with Crippen LogP contribution < -0.4 is 33.0 Å². The van der Waals surface area contributed by atoms with E-state index < -0.39 is 0 Å². The molecule has 5 nitrogen and oxygen atoms in total. The van der Waals surface area contributed by atoms with E-state index in [-0.39, 0.29) is 0 Å². The largest absolute Gasteiger partial charge is 0.383 e. The summed E-state index contributed by atoms with van der Waals surface area (Å²) in [6.07, 6.45) is 0. The lowest BCUT2D eigenvalue weighted by molar-refractivity contribution is 0.792. The molecule has 0 aliphatic carbocycles. The molecule has 0 radical (unpaired) electrons. The molecule has 61 heavy (non-hydrogen) atoms. The van der Waals surface area contributed by atoms with Crippen molar-refractivity contribution >= 4 is 122 Å². The SMILES string of the molecule is Bc1c(B)c(B)c(-c2ccc(-n3c4ccccc4c4ccc5c6ccccc6n(C/N=C(\N=C(/N)c6ccccc6)c6cccc(-c7ccccc7)c6)c5c43)cc2)c(B)c1B. The van der Waals surface area contributed by atoms with Crippen LogP contribution in [0.5, 0.6) is 0 Å². The van der Waals surface area contributed by atoms with Crippen molar-refractivity contribution in [3.63, 3.8) is 0 Å². The number of aromatic nitrogens is 2. The van der Waals surface area contributed by atoms with Crippen molar-refractivity contribution in [2.75, 3.05) is 0 Å². The Hall–Kier alpha value is -7.18. The zero-order chi connectivity index (χ0) is 41.8. The molecule has 0 saturated heterocycles. The van der Waals surface area contributed by atoms with E-state index in [4.69, 9.17) is 15.7 Å². The fraction of sp³-hybridized carbons (Fsp3) is 0.0196. The van der Waals surface area contributed by atoms with Gasteiger partial charge in [0.15, 0.2) is 5.84 Å². The number of nitrogens with two attached hydrogens (primary N) is 1. The van der Waals surface area contributed by atoms with Crippen molar-refractivity contribution in [1.29, 1.82) is 0 Å². The summed E-state index contributed by atoms with van der Waals surface area (Å²) in [5.74, 6) is 0.986. The van der Waals surface area contributed by atoms with Gasteiger partial charge in [-0.05, 0) is 52.6 Å². The molecule has 0 fully saturated rings. The lowest BCUT2D eigenvalue weighted by Gasteiger charge is -2.20. The van der Waals surface area contributed by atoms with E-state index in [1.807, 2.05) is 36.4 Å². The van der Waals surface area contributed by atoms with Gasteiger partial charge in [-0.15, -0.1) is 16.4 Å². The number of rotatable bonds is 7. The van der Waals surface area contributed by atoms with E-state index in [0.29, 0.717) is 18.3 Å². The fourth-order valence-electron chi connectivity index (χ4n) is 9.30. The van der Waals surface area contributed by atoms with Crippen LogP contribution in [-0.4, -0.2) is 60.0 Å². The first-order valence-electron chi connectivity index (χ1n) is 21.0. The first-order valence-corrected chi connectivity index (χ1v) is 21.0. The molecule has 10 aromatic rings. The van der Waals surface area contributed by atoms with Crippen molar-refractivity contribution < 1.29 is 0 Å². The van der Waals surface area contributed by atoms with Crippen molar-refractivity contribution in [2.24, 2.45) is 15.7 Å². The average molecular weight is 779 g/mol. The van der Waals surface area contributed by atoms with Gasteiger partial charge in [0.2, 0.25) is 0 Å². The fourth-order valence-corrected chi connectivity index (χ4v) is 9.30. The number of hydrogen-bond donors (Lipinski definition) is 1. The van der Waals surface area contributed by atoms with Crippen LogP contribution in [0.4, 0.5) is 0 Å². The third kappa shape index (κ3) is 6.51. The molecule has 10 heteroatoms. The highest BCUT2D eigenvalue weighted by molar-refractivity contribution is 6.68. The van der Waals surface area contributed by atoms with Crippen LogP contribution in [0, 0.1) is 0 Å². The second-order valence-corrected chi connectivity index (χ2v) is 16.1. The Labute approximate surface area is 360 Å². The minimum absolute atomic E-state index is 0.324. The maximum atomic E-state index is 6.76. The average Bonchev–Trinajstić information content (AvgIpc) is 3.82. The van der Waals surface area contributed by atoms with Crippen molar-refractivity contribution in [1.82, 2.24) is 9.13 Å². The molecular formula is C51H42B5N5. The molecule has 2 N–H and O–H groups in total. The molecule has 0 amide bonds. The second kappa shape index (κ2) is 15.5. The lowest BCUT2D eigenvalue weighted by atomic mass is 9.60. The third-order valence-electron chi connectivity index (χ3n) is 12.9. The van der Waals surface area contributed by atoms with Crippen LogP contribution in [0.3, 0.4) is 0 Å². The molecule has 8 aromatic carbocycles. The van der Waals surface area contributed by atoms with Crippen molar-refractivity contribution in [2.45, 2.75) is 6.67 Å². The summed E-state index contributed by atoms with van der Waals surface area (Å²) in [4.78, 5) is 10.4. The molecule has 0 spiro atoms. The molecule has 2 aromatic heterocycles. The molecule has 286 valence electrons. The summed E-state index contributed by atoms with van der Waals surface area (Å²) in [6, 6.07) is 59.9. The van der Waals surface area contributed by atoms with Gasteiger partial charge in [0.1, 0.15) is 51.7 Å². The Kier molecular flexibility index (Phi) is 9.64. The number of aliphatic imine (C=N–C) groups is 2. The van der Waals surface area contributed by atoms with Crippen molar-refractivity contribution in [3.05, 3.63) is 181 Å². The number of nitrogens with zero attached hydrogens (tertiary/aromatic N) is 4. The maximum Gasteiger partial charge on any atom is 0.158 e. The van der Waals surface area contributed by atoms with Gasteiger partial charge in [0.05, 0.1) is 22.1 Å². The number of para-hydroxylation sites is 2.